The lowest BCUT2D eigenvalue weighted by Crippen LogP contribution is -2.49. The highest BCUT2D eigenvalue weighted by atomic mass is 32.1. The van der Waals surface area contributed by atoms with Crippen LogP contribution in [0.2, 0.25) is 0 Å². The van der Waals surface area contributed by atoms with E-state index < -0.39 is 23.3 Å². The van der Waals surface area contributed by atoms with Crippen LogP contribution in [0.1, 0.15) is 54.0 Å². The Kier molecular flexibility index (Phi) is 6.50. The first-order chi connectivity index (χ1) is 14.6. The third-order valence-corrected chi connectivity index (χ3v) is 5.12. The number of nitrogens with one attached hydrogen (secondary N) is 1. The van der Waals surface area contributed by atoms with Gasteiger partial charge in [0, 0.05) is 16.6 Å². The van der Waals surface area contributed by atoms with Crippen LogP contribution in [0.5, 0.6) is 0 Å². The molecule has 1 N–H and O–H groups in total. The fourth-order valence-electron chi connectivity index (χ4n) is 3.23. The molecule has 3 aromatic rings. The number of carbonyl (C=O) groups excluding carboxylic acids is 2. The maximum Gasteiger partial charge on any atom is 0.280 e. The minimum atomic E-state index is -1.03. The number of benzene rings is 2. The number of hydrogen-bond acceptors (Lipinski definition) is 5. The van der Waals surface area contributed by atoms with Gasteiger partial charge in [-0.05, 0) is 81.0 Å². The first-order valence-corrected chi connectivity index (χ1v) is 10.7. The molecule has 8 heteroatoms. The molecule has 2 amide bonds. The number of rotatable bonds is 5. The highest BCUT2D eigenvalue weighted by molar-refractivity contribution is 7.03. The molecule has 1 unspecified atom stereocenters. The maximum absolute atomic E-state index is 13.6. The predicted octanol–water partition coefficient (Wildman–Crippen LogP) is 4.60. The van der Waals surface area contributed by atoms with Crippen molar-refractivity contribution in [3.8, 4) is 0 Å². The number of amides is 2. The second-order valence-electron chi connectivity index (χ2n) is 8.45. The highest BCUT2D eigenvalue weighted by Gasteiger charge is 2.36. The lowest BCUT2D eigenvalue weighted by atomic mass is 9.99. The van der Waals surface area contributed by atoms with E-state index in [9.17, 15) is 14.0 Å². The van der Waals surface area contributed by atoms with Crippen molar-refractivity contribution in [3.05, 3.63) is 76.0 Å². The molecule has 1 heterocycles. The molecule has 2 aromatic carbocycles. The van der Waals surface area contributed by atoms with E-state index in [1.807, 2.05) is 52.8 Å². The minimum absolute atomic E-state index is 0.140. The van der Waals surface area contributed by atoms with Crippen LogP contribution in [0.3, 0.4) is 0 Å². The molecule has 0 saturated carbocycles. The van der Waals surface area contributed by atoms with Crippen molar-refractivity contribution < 1.29 is 14.0 Å². The van der Waals surface area contributed by atoms with E-state index in [0.717, 1.165) is 22.7 Å². The standard InChI is InChI=1S/C23H25FN4O2S/c1-14-6-7-15(2)19(12-14)28(22(30)18-13-31-27-26-18)20(21(29)25-23(3,4)5)16-8-10-17(24)11-9-16/h6-13,20H,1-5H3,(H,25,29). The summed E-state index contributed by atoms with van der Waals surface area (Å²) in [5, 5.41) is 8.43. The van der Waals surface area contributed by atoms with Crippen LogP contribution in [0.4, 0.5) is 10.1 Å². The average Bonchev–Trinajstić information content (AvgIpc) is 3.22. The van der Waals surface area contributed by atoms with Gasteiger partial charge in [-0.3, -0.25) is 14.5 Å². The lowest BCUT2D eigenvalue weighted by Gasteiger charge is -2.34. The molecule has 0 aliphatic rings. The molecule has 31 heavy (non-hydrogen) atoms. The number of aromatic nitrogens is 2. The summed E-state index contributed by atoms with van der Waals surface area (Å²) in [7, 11) is 0. The Labute approximate surface area is 185 Å². The summed E-state index contributed by atoms with van der Waals surface area (Å²) < 4.78 is 17.4. The molecular weight excluding hydrogens is 415 g/mol. The van der Waals surface area contributed by atoms with Crippen LogP contribution in [0, 0.1) is 19.7 Å². The van der Waals surface area contributed by atoms with Gasteiger partial charge in [-0.1, -0.05) is 28.8 Å². The molecule has 3 rings (SSSR count). The number of aryl methyl sites for hydroxylation is 2. The molecule has 0 aliphatic heterocycles. The van der Waals surface area contributed by atoms with Gasteiger partial charge in [-0.2, -0.15) is 0 Å². The van der Waals surface area contributed by atoms with Gasteiger partial charge in [0.25, 0.3) is 5.91 Å². The first-order valence-electron chi connectivity index (χ1n) is 9.82. The smallest absolute Gasteiger partial charge is 0.280 e. The van der Waals surface area contributed by atoms with Crippen molar-refractivity contribution in [3.63, 3.8) is 0 Å². The second kappa shape index (κ2) is 8.93. The van der Waals surface area contributed by atoms with Crippen molar-refractivity contribution in [1.82, 2.24) is 14.9 Å². The van der Waals surface area contributed by atoms with Crippen molar-refractivity contribution in [2.45, 2.75) is 46.2 Å². The Bertz CT molecular complexity index is 1080. The Morgan fingerprint density at radius 2 is 1.77 bits per heavy atom. The molecule has 162 valence electrons. The summed E-state index contributed by atoms with van der Waals surface area (Å²) in [6.07, 6.45) is 0. The monoisotopic (exact) mass is 440 g/mol. The van der Waals surface area contributed by atoms with Crippen molar-refractivity contribution in [1.29, 1.82) is 0 Å². The molecule has 0 bridgehead atoms. The Balaban J connectivity index is 2.23. The van der Waals surface area contributed by atoms with Crippen LogP contribution in [-0.2, 0) is 4.79 Å². The van der Waals surface area contributed by atoms with E-state index in [2.05, 4.69) is 14.9 Å². The number of halogens is 1. The van der Waals surface area contributed by atoms with Crippen LogP contribution in [0.25, 0.3) is 0 Å². The zero-order valence-electron chi connectivity index (χ0n) is 18.1. The van der Waals surface area contributed by atoms with E-state index in [0.29, 0.717) is 11.3 Å². The zero-order chi connectivity index (χ0) is 22.8. The van der Waals surface area contributed by atoms with E-state index >= 15 is 0 Å². The maximum atomic E-state index is 13.6. The molecule has 0 spiro atoms. The number of carbonyl (C=O) groups is 2. The Hall–Kier alpha value is -3.13. The fourth-order valence-corrected chi connectivity index (χ4v) is 3.66. The van der Waals surface area contributed by atoms with Gasteiger partial charge in [-0.15, -0.1) is 5.10 Å². The van der Waals surface area contributed by atoms with Gasteiger partial charge in [0.15, 0.2) is 5.69 Å². The first kappa shape index (κ1) is 22.6. The molecule has 0 saturated heterocycles. The largest absolute Gasteiger partial charge is 0.349 e. The molecule has 0 radical (unpaired) electrons. The average molecular weight is 441 g/mol. The number of anilines is 1. The molecule has 0 fully saturated rings. The van der Waals surface area contributed by atoms with Gasteiger partial charge >= 0.3 is 0 Å². The summed E-state index contributed by atoms with van der Waals surface area (Å²) in [5.74, 6) is -1.26. The Morgan fingerprint density at radius 3 is 2.35 bits per heavy atom. The summed E-state index contributed by atoms with van der Waals surface area (Å²) in [5.41, 5.74) is 2.42. The third kappa shape index (κ3) is 5.32. The third-order valence-electron chi connectivity index (χ3n) is 4.61. The Morgan fingerprint density at radius 1 is 1.10 bits per heavy atom. The summed E-state index contributed by atoms with van der Waals surface area (Å²) >= 11 is 1.06. The number of hydrogen-bond donors (Lipinski definition) is 1. The van der Waals surface area contributed by atoms with Crippen molar-refractivity contribution in [2.75, 3.05) is 4.90 Å². The molecular formula is C23H25FN4O2S. The topological polar surface area (TPSA) is 75.2 Å². The zero-order valence-corrected chi connectivity index (χ0v) is 19.0. The van der Waals surface area contributed by atoms with E-state index in [1.165, 1.54) is 29.2 Å². The van der Waals surface area contributed by atoms with Crippen LogP contribution < -0.4 is 10.2 Å². The van der Waals surface area contributed by atoms with Gasteiger partial charge in [0.05, 0.1) is 0 Å². The normalized spacial score (nSPS) is 12.3. The van der Waals surface area contributed by atoms with Gasteiger partial charge in [0.1, 0.15) is 11.9 Å². The second-order valence-corrected chi connectivity index (χ2v) is 9.06. The van der Waals surface area contributed by atoms with Gasteiger partial charge < -0.3 is 5.32 Å². The highest BCUT2D eigenvalue weighted by Crippen LogP contribution is 2.33. The van der Waals surface area contributed by atoms with Gasteiger partial charge in [-0.25, -0.2) is 4.39 Å². The SMILES string of the molecule is Cc1ccc(C)c(N(C(=O)c2csnn2)C(C(=O)NC(C)(C)C)c2ccc(F)cc2)c1. The summed E-state index contributed by atoms with van der Waals surface area (Å²) in [6.45, 7) is 9.37. The van der Waals surface area contributed by atoms with Crippen LogP contribution in [0.15, 0.2) is 47.8 Å². The summed E-state index contributed by atoms with van der Waals surface area (Å²) in [6, 6.07) is 10.3. The lowest BCUT2D eigenvalue weighted by molar-refractivity contribution is -0.123. The predicted molar refractivity (Wildman–Crippen MR) is 120 cm³/mol. The van der Waals surface area contributed by atoms with Crippen LogP contribution >= 0.6 is 11.5 Å². The van der Waals surface area contributed by atoms with Crippen molar-refractivity contribution >= 4 is 29.0 Å². The van der Waals surface area contributed by atoms with E-state index in [1.54, 1.807) is 5.38 Å². The van der Waals surface area contributed by atoms with E-state index in [4.69, 9.17) is 0 Å². The quantitative estimate of drug-likeness (QED) is 0.629. The summed E-state index contributed by atoms with van der Waals surface area (Å²) in [4.78, 5) is 28.5. The van der Waals surface area contributed by atoms with Crippen molar-refractivity contribution in [2.24, 2.45) is 0 Å². The van der Waals surface area contributed by atoms with Crippen LogP contribution in [-0.4, -0.2) is 26.9 Å². The number of nitrogens with zero attached hydrogens (tertiary/aromatic N) is 3. The fraction of sp³-hybridized carbons (Fsp3) is 0.304. The molecule has 6 nitrogen and oxygen atoms in total. The molecule has 1 atom stereocenters. The molecule has 0 aliphatic carbocycles. The van der Waals surface area contributed by atoms with Gasteiger partial charge in [0.2, 0.25) is 5.91 Å². The van der Waals surface area contributed by atoms with E-state index in [-0.39, 0.29) is 11.6 Å². The molecule has 1 aromatic heterocycles. The minimum Gasteiger partial charge on any atom is -0.349 e.